The first-order valence-corrected chi connectivity index (χ1v) is 8.39. The number of anilines is 2. The quantitative estimate of drug-likeness (QED) is 0.886. The number of hydrogen-bond donors (Lipinski definition) is 1. The normalized spacial score (nSPS) is 15.6. The molecule has 0 radical (unpaired) electrons. The van der Waals surface area contributed by atoms with Gasteiger partial charge in [-0.3, -0.25) is 4.79 Å². The van der Waals surface area contributed by atoms with Crippen LogP contribution in [-0.4, -0.2) is 19.0 Å². The molecule has 1 fully saturated rings. The molecule has 2 aromatic rings. The van der Waals surface area contributed by atoms with Gasteiger partial charge in [0.15, 0.2) is 0 Å². The van der Waals surface area contributed by atoms with Gasteiger partial charge >= 0.3 is 0 Å². The van der Waals surface area contributed by atoms with Crippen molar-refractivity contribution in [3.63, 3.8) is 0 Å². The van der Waals surface area contributed by atoms with Gasteiger partial charge in [-0.15, -0.1) is 0 Å². The fraction of sp³-hybridized carbons (Fsp3) is 0.278. The summed E-state index contributed by atoms with van der Waals surface area (Å²) in [4.78, 5) is 14.8. The topological polar surface area (TPSA) is 32.3 Å². The highest BCUT2D eigenvalue weighted by Crippen LogP contribution is 2.26. The Morgan fingerprint density at radius 3 is 2.32 bits per heavy atom. The molecule has 0 saturated carbocycles. The average molecular weight is 359 g/mol. The molecule has 1 heterocycles. The maximum absolute atomic E-state index is 12.4. The van der Waals surface area contributed by atoms with E-state index in [2.05, 4.69) is 50.4 Å². The van der Waals surface area contributed by atoms with Gasteiger partial charge in [0.1, 0.15) is 0 Å². The number of piperidine rings is 1. The van der Waals surface area contributed by atoms with Crippen molar-refractivity contribution in [2.75, 3.05) is 23.3 Å². The molecule has 1 saturated heterocycles. The van der Waals surface area contributed by atoms with E-state index in [9.17, 15) is 4.79 Å². The van der Waals surface area contributed by atoms with Crippen LogP contribution in [0, 0.1) is 5.92 Å². The maximum Gasteiger partial charge on any atom is 0.227 e. The zero-order valence-corrected chi connectivity index (χ0v) is 13.9. The van der Waals surface area contributed by atoms with Crippen LogP contribution in [0.2, 0.25) is 0 Å². The molecule has 0 spiro atoms. The first-order valence-electron chi connectivity index (χ1n) is 7.59. The minimum atomic E-state index is 0.0899. The molecule has 3 nitrogen and oxygen atoms in total. The molecule has 0 aromatic heterocycles. The van der Waals surface area contributed by atoms with E-state index in [0.29, 0.717) is 0 Å². The fourth-order valence-electron chi connectivity index (χ4n) is 2.84. The molecule has 1 N–H and O–H groups in total. The van der Waals surface area contributed by atoms with Crippen LogP contribution in [-0.2, 0) is 4.79 Å². The highest BCUT2D eigenvalue weighted by molar-refractivity contribution is 9.10. The van der Waals surface area contributed by atoms with Gasteiger partial charge < -0.3 is 10.2 Å². The Labute approximate surface area is 139 Å². The van der Waals surface area contributed by atoms with E-state index in [1.807, 2.05) is 30.3 Å². The third-order valence-electron chi connectivity index (χ3n) is 4.12. The number of carbonyl (C=O) groups is 1. The molecular formula is C18H19BrN2O. The highest BCUT2D eigenvalue weighted by atomic mass is 79.9. The van der Waals surface area contributed by atoms with Gasteiger partial charge in [0.05, 0.1) is 5.69 Å². The van der Waals surface area contributed by atoms with Crippen LogP contribution in [0.4, 0.5) is 11.4 Å². The van der Waals surface area contributed by atoms with Crippen LogP contribution in [0.1, 0.15) is 12.8 Å². The van der Waals surface area contributed by atoms with E-state index in [0.717, 1.165) is 36.1 Å². The van der Waals surface area contributed by atoms with Crippen molar-refractivity contribution >= 4 is 33.2 Å². The Bertz CT molecular complexity index is 637. The van der Waals surface area contributed by atoms with Gasteiger partial charge in [0, 0.05) is 29.2 Å². The van der Waals surface area contributed by atoms with Gasteiger partial charge in [-0.25, -0.2) is 0 Å². The first kappa shape index (κ1) is 15.1. The summed E-state index contributed by atoms with van der Waals surface area (Å²) in [5, 5.41) is 3.03. The monoisotopic (exact) mass is 358 g/mol. The molecule has 0 bridgehead atoms. The molecule has 114 valence electrons. The Hall–Kier alpha value is -1.81. The van der Waals surface area contributed by atoms with Crippen molar-refractivity contribution in [1.82, 2.24) is 0 Å². The number of halogens is 1. The maximum atomic E-state index is 12.4. The third-order valence-corrected chi connectivity index (χ3v) is 4.81. The summed E-state index contributed by atoms with van der Waals surface area (Å²) in [6.07, 6.45) is 1.79. The van der Waals surface area contributed by atoms with Crippen LogP contribution in [0.25, 0.3) is 0 Å². The predicted octanol–water partition coefficient (Wildman–Crippen LogP) is 4.30. The Morgan fingerprint density at radius 2 is 1.64 bits per heavy atom. The molecule has 22 heavy (non-hydrogen) atoms. The molecule has 0 unspecified atom stereocenters. The average Bonchev–Trinajstić information content (AvgIpc) is 2.58. The molecule has 1 aliphatic rings. The van der Waals surface area contributed by atoms with Crippen LogP contribution in [0.5, 0.6) is 0 Å². The van der Waals surface area contributed by atoms with Crippen molar-refractivity contribution in [3.05, 3.63) is 59.1 Å². The lowest BCUT2D eigenvalue weighted by Crippen LogP contribution is -2.38. The number of para-hydroxylation sites is 2. The Morgan fingerprint density at radius 1 is 1.00 bits per heavy atom. The summed E-state index contributed by atoms with van der Waals surface area (Å²) >= 11 is 3.47. The molecule has 1 amide bonds. The van der Waals surface area contributed by atoms with Gasteiger partial charge in [-0.05, 0) is 53.0 Å². The fourth-order valence-corrected chi connectivity index (χ4v) is 3.22. The lowest BCUT2D eigenvalue weighted by atomic mass is 9.95. The molecule has 1 aliphatic heterocycles. The second-order valence-corrected chi connectivity index (χ2v) is 6.42. The van der Waals surface area contributed by atoms with Crippen molar-refractivity contribution in [3.8, 4) is 0 Å². The highest BCUT2D eigenvalue weighted by Gasteiger charge is 2.25. The second kappa shape index (κ2) is 6.97. The molecule has 4 heteroatoms. The zero-order chi connectivity index (χ0) is 15.4. The number of amides is 1. The number of nitrogens with one attached hydrogen (secondary N) is 1. The van der Waals surface area contributed by atoms with E-state index in [4.69, 9.17) is 0 Å². The summed E-state index contributed by atoms with van der Waals surface area (Å²) in [6, 6.07) is 18.1. The van der Waals surface area contributed by atoms with Gasteiger partial charge in [0.2, 0.25) is 5.91 Å². The predicted molar refractivity (Wildman–Crippen MR) is 94.2 cm³/mol. The summed E-state index contributed by atoms with van der Waals surface area (Å²) < 4.78 is 0.921. The first-order chi connectivity index (χ1) is 10.7. The van der Waals surface area contributed by atoms with E-state index in [1.54, 1.807) is 0 Å². The van der Waals surface area contributed by atoms with E-state index < -0.39 is 0 Å². The molecular weight excluding hydrogens is 340 g/mol. The van der Waals surface area contributed by atoms with Crippen LogP contribution < -0.4 is 10.2 Å². The molecule has 0 aliphatic carbocycles. The standard InChI is InChI=1S/C18H19BrN2O/c19-16-8-4-5-9-17(16)20-18(22)14-10-12-21(13-11-14)15-6-2-1-3-7-15/h1-9,14H,10-13H2,(H,20,22). The van der Waals surface area contributed by atoms with Gasteiger partial charge in [-0.2, -0.15) is 0 Å². The minimum absolute atomic E-state index is 0.0899. The summed E-state index contributed by atoms with van der Waals surface area (Å²) in [5.74, 6) is 0.215. The number of hydrogen-bond acceptors (Lipinski definition) is 2. The number of benzene rings is 2. The van der Waals surface area contributed by atoms with Gasteiger partial charge in [0.25, 0.3) is 0 Å². The third kappa shape index (κ3) is 3.50. The van der Waals surface area contributed by atoms with Crippen molar-refractivity contribution in [1.29, 1.82) is 0 Å². The molecule has 2 aromatic carbocycles. The van der Waals surface area contributed by atoms with E-state index in [1.165, 1.54) is 5.69 Å². The van der Waals surface area contributed by atoms with E-state index in [-0.39, 0.29) is 11.8 Å². The minimum Gasteiger partial charge on any atom is -0.371 e. The zero-order valence-electron chi connectivity index (χ0n) is 12.3. The molecule has 3 rings (SSSR count). The second-order valence-electron chi connectivity index (χ2n) is 5.57. The van der Waals surface area contributed by atoms with Crippen LogP contribution in [0.15, 0.2) is 59.1 Å². The van der Waals surface area contributed by atoms with Crippen molar-refractivity contribution < 1.29 is 4.79 Å². The van der Waals surface area contributed by atoms with Crippen LogP contribution in [0.3, 0.4) is 0 Å². The largest absolute Gasteiger partial charge is 0.371 e. The van der Waals surface area contributed by atoms with E-state index >= 15 is 0 Å². The number of carbonyl (C=O) groups excluding carboxylic acids is 1. The van der Waals surface area contributed by atoms with Gasteiger partial charge in [-0.1, -0.05) is 30.3 Å². The lowest BCUT2D eigenvalue weighted by molar-refractivity contribution is -0.120. The van der Waals surface area contributed by atoms with Crippen molar-refractivity contribution in [2.24, 2.45) is 5.92 Å². The number of rotatable bonds is 3. The summed E-state index contributed by atoms with van der Waals surface area (Å²) in [7, 11) is 0. The smallest absolute Gasteiger partial charge is 0.227 e. The Kier molecular flexibility index (Phi) is 4.78. The lowest BCUT2D eigenvalue weighted by Gasteiger charge is -2.33. The summed E-state index contributed by atoms with van der Waals surface area (Å²) in [6.45, 7) is 1.86. The summed E-state index contributed by atoms with van der Waals surface area (Å²) in [5.41, 5.74) is 2.09. The number of nitrogens with zero attached hydrogens (tertiary/aromatic N) is 1. The Balaban J connectivity index is 1.57. The SMILES string of the molecule is O=C(Nc1ccccc1Br)C1CCN(c2ccccc2)CC1. The van der Waals surface area contributed by atoms with Crippen molar-refractivity contribution in [2.45, 2.75) is 12.8 Å². The molecule has 0 atom stereocenters. The van der Waals surface area contributed by atoms with Crippen LogP contribution >= 0.6 is 15.9 Å².